The van der Waals surface area contributed by atoms with E-state index in [1.165, 1.54) is 0 Å². The van der Waals surface area contributed by atoms with Gasteiger partial charge in [-0.15, -0.1) is 11.6 Å². The fourth-order valence-electron chi connectivity index (χ4n) is 1.07. The molecule has 0 radical (unpaired) electrons. The molecular formula is C11H16ClNO2. The van der Waals surface area contributed by atoms with Crippen LogP contribution in [0.1, 0.15) is 42.5 Å². The molecule has 0 aromatic carbocycles. The van der Waals surface area contributed by atoms with Gasteiger partial charge in [-0.25, -0.2) is 0 Å². The average molecular weight is 230 g/mol. The predicted molar refractivity (Wildman–Crippen MR) is 60.1 cm³/mol. The van der Waals surface area contributed by atoms with Gasteiger partial charge in [-0.3, -0.25) is 4.79 Å². The molecule has 1 amide bonds. The van der Waals surface area contributed by atoms with E-state index in [-0.39, 0.29) is 11.3 Å². The maximum Gasteiger partial charge on any atom is 0.287 e. The molecular weight excluding hydrogens is 214 g/mol. The van der Waals surface area contributed by atoms with E-state index in [9.17, 15) is 4.79 Å². The number of nitrogens with one attached hydrogen (secondary N) is 1. The second-order valence-electron chi connectivity index (χ2n) is 3.92. The molecule has 15 heavy (non-hydrogen) atoms. The lowest BCUT2D eigenvalue weighted by molar-refractivity contribution is 0.0919. The van der Waals surface area contributed by atoms with E-state index < -0.39 is 0 Å². The molecule has 1 heterocycles. The van der Waals surface area contributed by atoms with Crippen molar-refractivity contribution in [1.82, 2.24) is 5.32 Å². The van der Waals surface area contributed by atoms with Crippen molar-refractivity contribution in [1.29, 1.82) is 0 Å². The zero-order valence-corrected chi connectivity index (χ0v) is 9.97. The molecule has 0 fully saturated rings. The molecule has 1 unspecified atom stereocenters. The van der Waals surface area contributed by atoms with Crippen molar-refractivity contribution in [2.24, 2.45) is 5.92 Å². The summed E-state index contributed by atoms with van der Waals surface area (Å²) in [6.07, 6.45) is 0. The Morgan fingerprint density at radius 1 is 1.47 bits per heavy atom. The van der Waals surface area contributed by atoms with E-state index in [0.29, 0.717) is 24.0 Å². The fraction of sp³-hybridized carbons (Fsp3) is 0.545. The van der Waals surface area contributed by atoms with Crippen LogP contribution in [0.5, 0.6) is 0 Å². The zero-order chi connectivity index (χ0) is 11.4. The largest absolute Gasteiger partial charge is 0.454 e. The third kappa shape index (κ3) is 3.59. The van der Waals surface area contributed by atoms with Crippen LogP contribution < -0.4 is 5.32 Å². The van der Waals surface area contributed by atoms with Crippen LogP contribution in [0, 0.1) is 5.92 Å². The first-order valence-electron chi connectivity index (χ1n) is 5.02. The van der Waals surface area contributed by atoms with Crippen LogP contribution in [0.15, 0.2) is 16.5 Å². The summed E-state index contributed by atoms with van der Waals surface area (Å²) in [7, 11) is 0. The minimum Gasteiger partial charge on any atom is -0.454 e. The molecule has 1 aromatic heterocycles. The van der Waals surface area contributed by atoms with Crippen LogP contribution >= 0.6 is 11.6 Å². The van der Waals surface area contributed by atoms with E-state index in [1.54, 1.807) is 19.1 Å². The second-order valence-corrected chi connectivity index (χ2v) is 4.58. The number of carbonyl (C=O) groups excluding carboxylic acids is 1. The molecule has 1 atom stereocenters. The number of carbonyl (C=O) groups is 1. The third-order valence-electron chi connectivity index (χ3n) is 1.91. The van der Waals surface area contributed by atoms with Gasteiger partial charge in [0.15, 0.2) is 5.76 Å². The molecule has 1 N–H and O–H groups in total. The number of hydrogen-bond acceptors (Lipinski definition) is 2. The highest BCUT2D eigenvalue weighted by Gasteiger charge is 2.13. The molecule has 0 saturated carbocycles. The number of halogens is 1. The first-order chi connectivity index (χ1) is 7.00. The third-order valence-corrected chi connectivity index (χ3v) is 2.13. The normalized spacial score (nSPS) is 12.9. The molecule has 1 aromatic rings. The molecule has 3 nitrogen and oxygen atoms in total. The first kappa shape index (κ1) is 12.1. The van der Waals surface area contributed by atoms with Gasteiger partial charge in [-0.2, -0.15) is 0 Å². The van der Waals surface area contributed by atoms with Crippen LogP contribution in [0.2, 0.25) is 0 Å². The molecule has 0 aliphatic heterocycles. The Labute approximate surface area is 94.8 Å². The predicted octanol–water partition coefficient (Wildman–Crippen LogP) is 2.97. The smallest absolute Gasteiger partial charge is 0.287 e. The summed E-state index contributed by atoms with van der Waals surface area (Å²) in [5, 5.41) is 2.56. The van der Waals surface area contributed by atoms with Crippen molar-refractivity contribution in [2.75, 3.05) is 6.54 Å². The number of rotatable bonds is 4. The van der Waals surface area contributed by atoms with Crippen molar-refractivity contribution in [3.63, 3.8) is 0 Å². The van der Waals surface area contributed by atoms with Crippen molar-refractivity contribution >= 4 is 17.5 Å². The summed E-state index contributed by atoms with van der Waals surface area (Å²) in [6.45, 7) is 6.52. The van der Waals surface area contributed by atoms with Gasteiger partial charge in [0.2, 0.25) is 0 Å². The minimum absolute atomic E-state index is 0.188. The Morgan fingerprint density at radius 2 is 2.13 bits per heavy atom. The molecule has 0 spiro atoms. The maximum absolute atomic E-state index is 11.5. The quantitative estimate of drug-likeness (QED) is 0.807. The molecule has 0 aliphatic rings. The molecule has 4 heteroatoms. The van der Waals surface area contributed by atoms with Gasteiger partial charge in [0.05, 0.1) is 5.38 Å². The fourth-order valence-corrected chi connectivity index (χ4v) is 1.19. The van der Waals surface area contributed by atoms with E-state index in [4.69, 9.17) is 16.0 Å². The summed E-state index contributed by atoms with van der Waals surface area (Å²) in [5.74, 6) is 1.17. The average Bonchev–Trinajstić information content (AvgIpc) is 2.62. The summed E-state index contributed by atoms with van der Waals surface area (Å²) >= 11 is 5.82. The number of amides is 1. The van der Waals surface area contributed by atoms with E-state index in [2.05, 4.69) is 5.32 Å². The zero-order valence-electron chi connectivity index (χ0n) is 9.21. The van der Waals surface area contributed by atoms with Gasteiger partial charge < -0.3 is 9.73 Å². The summed E-state index contributed by atoms with van der Waals surface area (Å²) in [6, 6.07) is 3.37. The molecule has 0 bridgehead atoms. The minimum atomic E-state index is -0.211. The Kier molecular flexibility index (Phi) is 4.21. The molecule has 84 valence electrons. The molecule has 1 rings (SSSR count). The lowest BCUT2D eigenvalue weighted by Crippen LogP contribution is -2.26. The van der Waals surface area contributed by atoms with E-state index >= 15 is 0 Å². The monoisotopic (exact) mass is 229 g/mol. The van der Waals surface area contributed by atoms with Gasteiger partial charge in [0.25, 0.3) is 5.91 Å². The van der Waals surface area contributed by atoms with Crippen LogP contribution in [-0.2, 0) is 0 Å². The van der Waals surface area contributed by atoms with Crippen LogP contribution in [0.25, 0.3) is 0 Å². The topological polar surface area (TPSA) is 42.2 Å². The Hall–Kier alpha value is -0.960. The van der Waals surface area contributed by atoms with Crippen LogP contribution in [0.3, 0.4) is 0 Å². The van der Waals surface area contributed by atoms with Crippen LogP contribution in [0.4, 0.5) is 0 Å². The van der Waals surface area contributed by atoms with Gasteiger partial charge in [0, 0.05) is 6.54 Å². The highest BCUT2D eigenvalue weighted by Crippen LogP contribution is 2.21. The van der Waals surface area contributed by atoms with Crippen molar-refractivity contribution in [2.45, 2.75) is 26.1 Å². The first-order valence-corrected chi connectivity index (χ1v) is 5.46. The van der Waals surface area contributed by atoms with Gasteiger partial charge in [-0.05, 0) is 25.0 Å². The number of alkyl halides is 1. The highest BCUT2D eigenvalue weighted by molar-refractivity contribution is 6.20. The number of hydrogen-bond donors (Lipinski definition) is 1. The standard InChI is InChI=1S/C11H16ClNO2/c1-7(2)6-13-11(14)10-5-4-9(15-10)8(3)12/h4-5,7-8H,6H2,1-3H3,(H,13,14). The van der Waals surface area contributed by atoms with Gasteiger partial charge in [-0.1, -0.05) is 13.8 Å². The molecule has 0 saturated heterocycles. The van der Waals surface area contributed by atoms with Crippen LogP contribution in [-0.4, -0.2) is 12.5 Å². The second kappa shape index (κ2) is 5.21. The van der Waals surface area contributed by atoms with Crippen molar-refractivity contribution < 1.29 is 9.21 Å². The maximum atomic E-state index is 11.5. The highest BCUT2D eigenvalue weighted by atomic mass is 35.5. The van der Waals surface area contributed by atoms with E-state index in [1.807, 2.05) is 13.8 Å². The number of furan rings is 1. The molecule has 0 aliphatic carbocycles. The van der Waals surface area contributed by atoms with Crippen molar-refractivity contribution in [3.8, 4) is 0 Å². The summed E-state index contributed by atoms with van der Waals surface area (Å²) in [5.41, 5.74) is 0. The summed E-state index contributed by atoms with van der Waals surface area (Å²) in [4.78, 5) is 11.5. The summed E-state index contributed by atoms with van der Waals surface area (Å²) < 4.78 is 5.30. The van der Waals surface area contributed by atoms with Crippen molar-refractivity contribution in [3.05, 3.63) is 23.7 Å². The Morgan fingerprint density at radius 3 is 2.60 bits per heavy atom. The SMILES string of the molecule is CC(C)CNC(=O)c1ccc(C(C)Cl)o1. The Balaban J connectivity index is 2.58. The lowest BCUT2D eigenvalue weighted by atomic mass is 10.2. The lowest BCUT2D eigenvalue weighted by Gasteiger charge is -2.05. The van der Waals surface area contributed by atoms with Gasteiger partial charge >= 0.3 is 0 Å². The van der Waals surface area contributed by atoms with E-state index in [0.717, 1.165) is 0 Å². The van der Waals surface area contributed by atoms with Gasteiger partial charge in [0.1, 0.15) is 5.76 Å². The Bertz CT molecular complexity index is 331.